The van der Waals surface area contributed by atoms with Crippen molar-refractivity contribution in [3.8, 4) is 11.5 Å². The lowest BCUT2D eigenvalue weighted by molar-refractivity contribution is -0.132. The van der Waals surface area contributed by atoms with Gasteiger partial charge in [-0.05, 0) is 54.4 Å². The Labute approximate surface area is 235 Å². The molecular formula is C31H26N2O6S. The van der Waals surface area contributed by atoms with Crippen molar-refractivity contribution in [1.29, 1.82) is 0 Å². The second-order valence-corrected chi connectivity index (χ2v) is 10.2. The van der Waals surface area contributed by atoms with Crippen LogP contribution in [0.1, 0.15) is 45.0 Å². The maximum Gasteiger partial charge on any atom is 0.301 e. The largest absolute Gasteiger partial charge is 0.507 e. The third-order valence-electron chi connectivity index (χ3n) is 6.54. The third-order valence-corrected chi connectivity index (χ3v) is 7.80. The van der Waals surface area contributed by atoms with Crippen molar-refractivity contribution in [2.24, 2.45) is 0 Å². The van der Waals surface area contributed by atoms with Crippen LogP contribution in [-0.2, 0) is 16.2 Å². The minimum atomic E-state index is -1.01. The number of aromatic nitrogens is 1. The predicted octanol–water partition coefficient (Wildman–Crippen LogP) is 5.87. The van der Waals surface area contributed by atoms with Crippen molar-refractivity contribution in [3.05, 3.63) is 112 Å². The van der Waals surface area contributed by atoms with E-state index in [1.807, 2.05) is 30.3 Å². The van der Waals surface area contributed by atoms with Crippen molar-refractivity contribution in [3.63, 3.8) is 0 Å². The number of carbonyl (C=O) groups is 3. The van der Waals surface area contributed by atoms with Gasteiger partial charge in [-0.2, -0.15) is 0 Å². The zero-order chi connectivity index (χ0) is 28.4. The van der Waals surface area contributed by atoms with Crippen molar-refractivity contribution in [2.45, 2.75) is 26.5 Å². The number of anilines is 1. The van der Waals surface area contributed by atoms with Gasteiger partial charge in [-0.25, -0.2) is 4.98 Å². The lowest BCUT2D eigenvalue weighted by Gasteiger charge is -2.23. The normalized spacial score (nSPS) is 16.3. The fourth-order valence-electron chi connectivity index (χ4n) is 4.58. The summed E-state index contributed by atoms with van der Waals surface area (Å²) in [5.41, 5.74) is 2.24. The summed E-state index contributed by atoms with van der Waals surface area (Å²) < 4.78 is 11.2. The number of aliphatic hydroxyl groups excluding tert-OH is 1. The summed E-state index contributed by atoms with van der Waals surface area (Å²) in [5.74, 6) is -1.12. The Morgan fingerprint density at radius 1 is 1.00 bits per heavy atom. The first kappa shape index (κ1) is 26.8. The average Bonchev–Trinajstić information content (AvgIpc) is 3.48. The number of amides is 1. The van der Waals surface area contributed by atoms with Gasteiger partial charge in [-0.1, -0.05) is 53.8 Å². The summed E-state index contributed by atoms with van der Waals surface area (Å²) >= 11 is 1.04. The topological polar surface area (TPSA) is 106 Å². The van der Waals surface area contributed by atoms with Gasteiger partial charge >= 0.3 is 5.91 Å². The minimum Gasteiger partial charge on any atom is -0.507 e. The summed E-state index contributed by atoms with van der Waals surface area (Å²) in [5, 5.41) is 11.6. The predicted molar refractivity (Wildman–Crippen MR) is 152 cm³/mol. The number of methoxy groups -OCH3 is 1. The van der Waals surface area contributed by atoms with Gasteiger partial charge in [0.25, 0.3) is 5.78 Å². The smallest absolute Gasteiger partial charge is 0.301 e. The molecule has 3 aromatic carbocycles. The highest BCUT2D eigenvalue weighted by atomic mass is 32.1. The molecule has 1 aliphatic heterocycles. The zero-order valence-corrected chi connectivity index (χ0v) is 22.9. The first-order valence-electron chi connectivity index (χ1n) is 12.5. The van der Waals surface area contributed by atoms with Crippen LogP contribution >= 0.6 is 11.3 Å². The number of ether oxygens (including phenoxy) is 2. The number of nitrogens with zero attached hydrogens (tertiary/aromatic N) is 2. The number of Topliss-reactive ketones (excluding diaryl/α,β-unsaturated/α-hetero) is 2. The summed E-state index contributed by atoms with van der Waals surface area (Å²) in [6.07, 6.45) is 0. The van der Waals surface area contributed by atoms with E-state index in [0.29, 0.717) is 39.8 Å². The van der Waals surface area contributed by atoms with Gasteiger partial charge in [-0.15, -0.1) is 0 Å². The number of aryl methyl sites for hydroxylation is 1. The Kier molecular flexibility index (Phi) is 7.48. The molecule has 1 saturated heterocycles. The van der Waals surface area contributed by atoms with Crippen LogP contribution in [0.25, 0.3) is 5.76 Å². The Hall–Kier alpha value is -4.76. The highest BCUT2D eigenvalue weighted by Gasteiger charge is 2.48. The Bertz CT molecular complexity index is 1630. The summed E-state index contributed by atoms with van der Waals surface area (Å²) in [6, 6.07) is 22.2. The van der Waals surface area contributed by atoms with Gasteiger partial charge in [0.15, 0.2) is 10.9 Å². The van der Waals surface area contributed by atoms with Gasteiger partial charge in [-0.3, -0.25) is 19.3 Å². The van der Waals surface area contributed by atoms with Gasteiger partial charge in [0, 0.05) is 12.5 Å². The molecule has 8 nitrogen and oxygen atoms in total. The van der Waals surface area contributed by atoms with Crippen LogP contribution in [0, 0.1) is 6.92 Å². The molecule has 202 valence electrons. The number of ketones is 2. The molecule has 9 heteroatoms. The van der Waals surface area contributed by atoms with Gasteiger partial charge < -0.3 is 14.6 Å². The van der Waals surface area contributed by atoms with E-state index in [4.69, 9.17) is 9.47 Å². The van der Waals surface area contributed by atoms with E-state index < -0.39 is 17.7 Å². The Morgan fingerprint density at radius 2 is 1.73 bits per heavy atom. The molecule has 1 N–H and O–H groups in total. The van der Waals surface area contributed by atoms with E-state index in [0.717, 1.165) is 16.9 Å². The second kappa shape index (κ2) is 11.2. The first-order chi connectivity index (χ1) is 19.3. The molecule has 40 heavy (non-hydrogen) atoms. The molecular weight excluding hydrogens is 528 g/mol. The number of carbonyl (C=O) groups excluding carboxylic acids is 3. The molecule has 2 heterocycles. The maximum absolute atomic E-state index is 13.5. The molecule has 1 aliphatic rings. The third kappa shape index (κ3) is 5.11. The van der Waals surface area contributed by atoms with Gasteiger partial charge in [0.05, 0.1) is 29.3 Å². The van der Waals surface area contributed by atoms with E-state index in [1.54, 1.807) is 55.5 Å². The number of aliphatic hydroxyl groups is 1. The SMILES string of the molecule is COc1ccc(/C(O)=C2\C(=O)C(=O)N(c3nc(C)c(C(C)=O)s3)C2c2cccc(OCc3ccccc3)c2)cc1. The van der Waals surface area contributed by atoms with Crippen molar-refractivity contribution in [2.75, 3.05) is 12.0 Å². The fourth-order valence-corrected chi connectivity index (χ4v) is 5.57. The molecule has 5 rings (SSSR count). The van der Waals surface area contributed by atoms with Crippen LogP contribution in [0.2, 0.25) is 0 Å². The van der Waals surface area contributed by atoms with Crippen LogP contribution in [0.4, 0.5) is 5.13 Å². The quantitative estimate of drug-likeness (QED) is 0.126. The molecule has 0 aliphatic carbocycles. The highest BCUT2D eigenvalue weighted by molar-refractivity contribution is 7.18. The monoisotopic (exact) mass is 554 g/mol. The zero-order valence-electron chi connectivity index (χ0n) is 22.1. The molecule has 1 unspecified atom stereocenters. The molecule has 0 radical (unpaired) electrons. The number of thiazole rings is 1. The van der Waals surface area contributed by atoms with Crippen molar-refractivity contribution < 1.29 is 29.0 Å². The average molecular weight is 555 g/mol. The van der Waals surface area contributed by atoms with E-state index in [2.05, 4.69) is 4.98 Å². The van der Waals surface area contributed by atoms with Crippen molar-refractivity contribution in [1.82, 2.24) is 4.98 Å². The van der Waals surface area contributed by atoms with E-state index in [-0.39, 0.29) is 22.2 Å². The number of rotatable bonds is 8. The highest BCUT2D eigenvalue weighted by Crippen LogP contribution is 2.44. The van der Waals surface area contributed by atoms with Crippen LogP contribution in [-0.4, -0.2) is 34.7 Å². The standard InChI is InChI=1S/C31H26N2O6S/c1-18-29(19(2)34)40-31(32-18)33-26(22-10-7-11-24(16-22)39-17-20-8-5-4-6-9-20)25(28(36)30(33)37)27(35)21-12-14-23(38-3)15-13-21/h4-16,26,35H,17H2,1-3H3/b27-25+. The molecule has 1 aromatic heterocycles. The molecule has 0 saturated carbocycles. The Balaban J connectivity index is 1.62. The molecule has 1 fully saturated rings. The molecule has 0 bridgehead atoms. The van der Waals surface area contributed by atoms with Gasteiger partial charge in [0.1, 0.15) is 23.9 Å². The first-order valence-corrected chi connectivity index (χ1v) is 13.3. The van der Waals surface area contributed by atoms with Crippen LogP contribution in [0.3, 0.4) is 0 Å². The summed E-state index contributed by atoms with van der Waals surface area (Å²) in [7, 11) is 1.53. The number of benzene rings is 3. The second-order valence-electron chi connectivity index (χ2n) is 9.21. The van der Waals surface area contributed by atoms with E-state index in [9.17, 15) is 19.5 Å². The summed E-state index contributed by atoms with van der Waals surface area (Å²) in [4.78, 5) is 45.2. The Morgan fingerprint density at radius 3 is 2.38 bits per heavy atom. The maximum atomic E-state index is 13.5. The van der Waals surface area contributed by atoms with Crippen LogP contribution in [0.15, 0.2) is 84.4 Å². The molecule has 1 amide bonds. The minimum absolute atomic E-state index is 0.0902. The van der Waals surface area contributed by atoms with E-state index >= 15 is 0 Å². The number of hydrogen-bond donors (Lipinski definition) is 1. The molecule has 1 atom stereocenters. The van der Waals surface area contributed by atoms with Crippen LogP contribution in [0.5, 0.6) is 11.5 Å². The summed E-state index contributed by atoms with van der Waals surface area (Å²) in [6.45, 7) is 3.43. The van der Waals surface area contributed by atoms with Crippen LogP contribution < -0.4 is 14.4 Å². The molecule has 0 spiro atoms. The van der Waals surface area contributed by atoms with Gasteiger partial charge in [0.2, 0.25) is 0 Å². The lowest BCUT2D eigenvalue weighted by atomic mass is 9.95. The number of hydrogen-bond acceptors (Lipinski definition) is 8. The lowest BCUT2D eigenvalue weighted by Crippen LogP contribution is -2.29. The van der Waals surface area contributed by atoms with E-state index in [1.165, 1.54) is 18.9 Å². The molecule has 4 aromatic rings. The fraction of sp³-hybridized carbons (Fsp3) is 0.161. The van der Waals surface area contributed by atoms with Crippen molar-refractivity contribution >= 4 is 39.7 Å².